The quantitative estimate of drug-likeness (QED) is 0.646. The standard InChI is InChI=1S/C16H19O3PS/c1-4-21-20(17,18-15-11-7-5-9-13(15)2)19-16-12-8-6-10-14(16)3/h5-12H,4H2,1-3H3. The lowest BCUT2D eigenvalue weighted by atomic mass is 10.2. The van der Waals surface area contributed by atoms with Gasteiger partial charge in [0.2, 0.25) is 0 Å². The molecule has 5 heteroatoms. The second-order valence-corrected chi connectivity index (χ2v) is 8.79. The maximum Gasteiger partial charge on any atom is 0.492 e. The number of aryl methyl sites for hydroxylation is 2. The molecule has 112 valence electrons. The van der Waals surface area contributed by atoms with Gasteiger partial charge < -0.3 is 9.05 Å². The third-order valence-corrected chi connectivity index (χ3v) is 6.48. The maximum absolute atomic E-state index is 13.0. The van der Waals surface area contributed by atoms with Gasteiger partial charge in [-0.3, -0.25) is 0 Å². The number of hydrogen-bond donors (Lipinski definition) is 0. The molecule has 0 heterocycles. The molecule has 0 fully saturated rings. The highest BCUT2D eigenvalue weighted by Crippen LogP contribution is 2.60. The van der Waals surface area contributed by atoms with Crippen molar-refractivity contribution in [1.82, 2.24) is 0 Å². The van der Waals surface area contributed by atoms with E-state index in [1.165, 1.54) is 11.4 Å². The van der Waals surface area contributed by atoms with Crippen molar-refractivity contribution in [1.29, 1.82) is 0 Å². The van der Waals surface area contributed by atoms with E-state index in [0.717, 1.165) is 11.1 Å². The Kier molecular flexibility index (Phi) is 5.38. The summed E-state index contributed by atoms with van der Waals surface area (Å²) in [4.78, 5) is 0. The molecule has 0 saturated heterocycles. The molecule has 3 nitrogen and oxygen atoms in total. The van der Waals surface area contributed by atoms with Crippen molar-refractivity contribution in [2.45, 2.75) is 20.8 Å². The Bertz CT molecular complexity index is 606. The number of hydrogen-bond acceptors (Lipinski definition) is 4. The van der Waals surface area contributed by atoms with E-state index in [4.69, 9.17) is 9.05 Å². The van der Waals surface area contributed by atoms with E-state index in [1.54, 1.807) is 12.1 Å². The van der Waals surface area contributed by atoms with Crippen LogP contribution in [0.3, 0.4) is 0 Å². The van der Waals surface area contributed by atoms with Gasteiger partial charge >= 0.3 is 6.80 Å². The molecule has 0 N–H and O–H groups in total. The van der Waals surface area contributed by atoms with E-state index in [-0.39, 0.29) is 0 Å². The monoisotopic (exact) mass is 322 g/mol. The van der Waals surface area contributed by atoms with Crippen LogP contribution in [0.25, 0.3) is 0 Å². The Morgan fingerprint density at radius 2 is 1.33 bits per heavy atom. The molecule has 0 saturated carbocycles. The Hall–Kier alpha value is -1.38. The summed E-state index contributed by atoms with van der Waals surface area (Å²) in [5, 5.41) is 0. The van der Waals surface area contributed by atoms with E-state index >= 15 is 0 Å². The molecule has 0 aromatic heterocycles. The summed E-state index contributed by atoms with van der Waals surface area (Å²) >= 11 is 1.20. The highest BCUT2D eigenvalue weighted by Gasteiger charge is 2.29. The smallest absolute Gasteiger partial charge is 0.408 e. The van der Waals surface area contributed by atoms with Gasteiger partial charge in [0.1, 0.15) is 11.5 Å². The van der Waals surface area contributed by atoms with Gasteiger partial charge in [-0.1, -0.05) is 43.3 Å². The van der Waals surface area contributed by atoms with Crippen molar-refractivity contribution in [2.75, 3.05) is 5.75 Å². The lowest BCUT2D eigenvalue weighted by Gasteiger charge is -2.20. The van der Waals surface area contributed by atoms with E-state index in [1.807, 2.05) is 57.2 Å². The van der Waals surface area contributed by atoms with Crippen LogP contribution in [0.15, 0.2) is 48.5 Å². The van der Waals surface area contributed by atoms with Gasteiger partial charge in [-0.2, -0.15) is 0 Å². The van der Waals surface area contributed by atoms with E-state index in [9.17, 15) is 4.57 Å². The van der Waals surface area contributed by atoms with Crippen LogP contribution in [0.5, 0.6) is 11.5 Å². The summed E-state index contributed by atoms with van der Waals surface area (Å²) in [5.74, 6) is 1.83. The molecule has 2 aromatic rings. The van der Waals surface area contributed by atoms with Gasteiger partial charge in [0.05, 0.1) is 0 Å². The van der Waals surface area contributed by atoms with Gasteiger partial charge in [-0.25, -0.2) is 4.57 Å². The fraction of sp³-hybridized carbons (Fsp3) is 0.250. The minimum absolute atomic E-state index is 0.593. The zero-order chi connectivity index (χ0) is 15.3. The predicted molar refractivity (Wildman–Crippen MR) is 89.4 cm³/mol. The summed E-state index contributed by atoms with van der Waals surface area (Å²) in [5.41, 5.74) is 1.87. The maximum atomic E-state index is 13.0. The van der Waals surface area contributed by atoms with Crippen molar-refractivity contribution in [3.05, 3.63) is 59.7 Å². The zero-order valence-electron chi connectivity index (χ0n) is 12.4. The minimum Gasteiger partial charge on any atom is -0.408 e. The highest BCUT2D eigenvalue weighted by molar-refractivity contribution is 8.55. The summed E-state index contributed by atoms with van der Waals surface area (Å²) in [6.07, 6.45) is 0. The van der Waals surface area contributed by atoms with Crippen LogP contribution in [0, 0.1) is 13.8 Å². The molecule has 0 aliphatic carbocycles. The molecule has 21 heavy (non-hydrogen) atoms. The SMILES string of the molecule is CCSP(=O)(Oc1ccccc1C)Oc1ccccc1C. The molecule has 0 aliphatic rings. The zero-order valence-corrected chi connectivity index (χ0v) is 14.1. The van der Waals surface area contributed by atoms with Crippen LogP contribution in [0.2, 0.25) is 0 Å². The van der Waals surface area contributed by atoms with Crippen molar-refractivity contribution < 1.29 is 13.6 Å². The molecule has 2 aromatic carbocycles. The van der Waals surface area contributed by atoms with Crippen LogP contribution in [-0.2, 0) is 4.57 Å². The predicted octanol–water partition coefficient (Wildman–Crippen LogP) is 5.62. The Morgan fingerprint density at radius 1 is 0.905 bits per heavy atom. The van der Waals surface area contributed by atoms with Gasteiger partial charge in [0, 0.05) is 5.75 Å². The number of rotatable bonds is 6. The summed E-state index contributed by atoms with van der Waals surface area (Å²) in [7, 11) is 0. The second-order valence-electron chi connectivity index (χ2n) is 4.58. The van der Waals surface area contributed by atoms with Crippen molar-refractivity contribution >= 4 is 18.2 Å². The van der Waals surface area contributed by atoms with Crippen LogP contribution in [0.1, 0.15) is 18.1 Å². The fourth-order valence-corrected chi connectivity index (χ4v) is 4.89. The van der Waals surface area contributed by atoms with Gasteiger partial charge in [0.15, 0.2) is 0 Å². The molecule has 0 radical (unpaired) electrons. The van der Waals surface area contributed by atoms with Crippen molar-refractivity contribution in [3.8, 4) is 11.5 Å². The lowest BCUT2D eigenvalue weighted by molar-refractivity contribution is 0.406. The number of benzene rings is 2. The fourth-order valence-electron chi connectivity index (χ4n) is 1.79. The Labute approximate surface area is 130 Å². The largest absolute Gasteiger partial charge is 0.492 e. The molecular weight excluding hydrogens is 303 g/mol. The van der Waals surface area contributed by atoms with Crippen molar-refractivity contribution in [3.63, 3.8) is 0 Å². The third-order valence-electron chi connectivity index (χ3n) is 2.89. The average molecular weight is 322 g/mol. The average Bonchev–Trinajstić information content (AvgIpc) is 2.44. The first-order valence-electron chi connectivity index (χ1n) is 6.79. The Balaban J connectivity index is 2.27. The first-order chi connectivity index (χ1) is 10.0. The highest BCUT2D eigenvalue weighted by atomic mass is 32.7. The molecule has 0 spiro atoms. The number of para-hydroxylation sites is 2. The van der Waals surface area contributed by atoms with Crippen LogP contribution in [0.4, 0.5) is 0 Å². The third kappa shape index (κ3) is 4.29. The minimum atomic E-state index is -3.30. The normalized spacial score (nSPS) is 11.2. The van der Waals surface area contributed by atoms with Crippen LogP contribution >= 0.6 is 18.2 Å². The van der Waals surface area contributed by atoms with E-state index in [2.05, 4.69) is 0 Å². The van der Waals surface area contributed by atoms with E-state index in [0.29, 0.717) is 17.3 Å². The molecule has 0 bridgehead atoms. The summed E-state index contributed by atoms with van der Waals surface area (Å²) in [6.45, 7) is 2.47. The second kappa shape index (κ2) is 7.06. The van der Waals surface area contributed by atoms with Crippen LogP contribution < -0.4 is 9.05 Å². The topological polar surface area (TPSA) is 35.5 Å². The van der Waals surface area contributed by atoms with E-state index < -0.39 is 6.80 Å². The molecule has 0 amide bonds. The molecule has 0 unspecified atom stereocenters. The first kappa shape index (κ1) is 16.0. The molecule has 0 atom stereocenters. The van der Waals surface area contributed by atoms with Gasteiger partial charge in [0.25, 0.3) is 0 Å². The van der Waals surface area contributed by atoms with Gasteiger partial charge in [-0.05, 0) is 48.5 Å². The van der Waals surface area contributed by atoms with Crippen molar-refractivity contribution in [2.24, 2.45) is 0 Å². The first-order valence-corrected chi connectivity index (χ1v) is 9.92. The summed E-state index contributed by atoms with van der Waals surface area (Å²) in [6, 6.07) is 15.0. The molecular formula is C16H19O3PS. The summed E-state index contributed by atoms with van der Waals surface area (Å²) < 4.78 is 24.4. The van der Waals surface area contributed by atoms with Gasteiger partial charge in [-0.15, -0.1) is 0 Å². The molecule has 2 rings (SSSR count). The Morgan fingerprint density at radius 3 is 1.71 bits per heavy atom. The molecule has 0 aliphatic heterocycles. The van der Waals surface area contributed by atoms with Crippen LogP contribution in [-0.4, -0.2) is 5.75 Å². The lowest BCUT2D eigenvalue weighted by Crippen LogP contribution is -2.00.